The van der Waals surface area contributed by atoms with Crippen molar-refractivity contribution in [1.29, 1.82) is 0 Å². The molecule has 0 fully saturated rings. The standard InChI is InChI=1S/C17H27N3O2.ClH/c1-5-12-17(4,18)16(22)19-14-10-8-13(9-11-14)15(21)20(6-2)7-3;/h8-11H,5-7,12,18H2,1-4H3,(H,19,22);1H. The van der Waals surface area contributed by atoms with E-state index in [2.05, 4.69) is 5.32 Å². The highest BCUT2D eigenvalue weighted by Crippen LogP contribution is 2.15. The van der Waals surface area contributed by atoms with E-state index in [1.165, 1.54) is 0 Å². The van der Waals surface area contributed by atoms with Gasteiger partial charge in [0, 0.05) is 24.3 Å². The molecule has 2 amide bonds. The van der Waals surface area contributed by atoms with Crippen molar-refractivity contribution in [1.82, 2.24) is 4.90 Å². The number of rotatable bonds is 7. The van der Waals surface area contributed by atoms with E-state index >= 15 is 0 Å². The van der Waals surface area contributed by atoms with Crippen LogP contribution in [0.4, 0.5) is 5.69 Å². The van der Waals surface area contributed by atoms with Crippen LogP contribution in [0.1, 0.15) is 50.9 Å². The van der Waals surface area contributed by atoms with E-state index in [1.807, 2.05) is 20.8 Å². The average molecular weight is 342 g/mol. The first kappa shape index (κ1) is 21.4. The van der Waals surface area contributed by atoms with Gasteiger partial charge in [-0.2, -0.15) is 0 Å². The lowest BCUT2D eigenvalue weighted by molar-refractivity contribution is -0.120. The van der Waals surface area contributed by atoms with Crippen molar-refractivity contribution < 1.29 is 9.59 Å². The zero-order chi connectivity index (χ0) is 16.8. The van der Waals surface area contributed by atoms with Crippen molar-refractivity contribution in [3.63, 3.8) is 0 Å². The van der Waals surface area contributed by atoms with Gasteiger partial charge in [-0.05, 0) is 51.5 Å². The van der Waals surface area contributed by atoms with Crippen molar-refractivity contribution in [2.45, 2.75) is 46.1 Å². The van der Waals surface area contributed by atoms with E-state index in [0.29, 0.717) is 30.8 Å². The predicted octanol–water partition coefficient (Wildman–Crippen LogP) is 3.05. The Kier molecular flexibility index (Phi) is 8.87. The van der Waals surface area contributed by atoms with Crippen LogP contribution < -0.4 is 11.1 Å². The number of carbonyl (C=O) groups is 2. The molecule has 0 aliphatic carbocycles. The van der Waals surface area contributed by atoms with E-state index < -0.39 is 5.54 Å². The molecule has 1 rings (SSSR count). The van der Waals surface area contributed by atoms with Gasteiger partial charge in [-0.1, -0.05) is 13.3 Å². The molecule has 3 N–H and O–H groups in total. The first-order chi connectivity index (χ1) is 10.4. The SMILES string of the molecule is CCCC(C)(N)C(=O)Nc1ccc(C(=O)N(CC)CC)cc1.Cl. The molecule has 0 aliphatic rings. The Balaban J connectivity index is 0.00000484. The predicted molar refractivity (Wildman–Crippen MR) is 97.1 cm³/mol. The molecule has 23 heavy (non-hydrogen) atoms. The minimum Gasteiger partial charge on any atom is -0.339 e. The molecule has 0 spiro atoms. The molecule has 0 saturated heterocycles. The zero-order valence-electron chi connectivity index (χ0n) is 14.4. The van der Waals surface area contributed by atoms with Gasteiger partial charge in [0.2, 0.25) is 5.91 Å². The van der Waals surface area contributed by atoms with Gasteiger partial charge in [-0.3, -0.25) is 9.59 Å². The normalized spacial score (nSPS) is 12.7. The lowest BCUT2D eigenvalue weighted by Gasteiger charge is -2.23. The summed E-state index contributed by atoms with van der Waals surface area (Å²) in [5.41, 5.74) is 6.38. The van der Waals surface area contributed by atoms with Crippen LogP contribution >= 0.6 is 12.4 Å². The highest BCUT2D eigenvalue weighted by atomic mass is 35.5. The summed E-state index contributed by atoms with van der Waals surface area (Å²) in [6, 6.07) is 6.92. The summed E-state index contributed by atoms with van der Waals surface area (Å²) in [4.78, 5) is 26.1. The van der Waals surface area contributed by atoms with Gasteiger partial charge in [0.25, 0.3) is 5.91 Å². The molecule has 130 valence electrons. The Morgan fingerprint density at radius 1 is 1.13 bits per heavy atom. The molecular weight excluding hydrogens is 314 g/mol. The zero-order valence-corrected chi connectivity index (χ0v) is 15.2. The minimum absolute atomic E-state index is 0. The van der Waals surface area contributed by atoms with Crippen LogP contribution in [0.5, 0.6) is 0 Å². The van der Waals surface area contributed by atoms with Crippen LogP contribution in [0.15, 0.2) is 24.3 Å². The maximum atomic E-state index is 12.2. The van der Waals surface area contributed by atoms with Crippen LogP contribution in [0.2, 0.25) is 0 Å². The lowest BCUT2D eigenvalue weighted by atomic mass is 9.96. The Morgan fingerprint density at radius 2 is 1.65 bits per heavy atom. The summed E-state index contributed by atoms with van der Waals surface area (Å²) in [6.45, 7) is 8.97. The first-order valence-corrected chi connectivity index (χ1v) is 7.85. The van der Waals surface area contributed by atoms with Gasteiger partial charge in [0.05, 0.1) is 5.54 Å². The fourth-order valence-corrected chi connectivity index (χ4v) is 2.30. The summed E-state index contributed by atoms with van der Waals surface area (Å²) < 4.78 is 0. The van der Waals surface area contributed by atoms with Crippen LogP contribution in [0, 0.1) is 0 Å². The van der Waals surface area contributed by atoms with Crippen molar-refractivity contribution in [3.05, 3.63) is 29.8 Å². The molecule has 1 unspecified atom stereocenters. The lowest BCUT2D eigenvalue weighted by Crippen LogP contribution is -2.48. The number of carbonyl (C=O) groups excluding carboxylic acids is 2. The van der Waals surface area contributed by atoms with Gasteiger partial charge in [0.15, 0.2) is 0 Å². The summed E-state index contributed by atoms with van der Waals surface area (Å²) in [7, 11) is 0. The third kappa shape index (κ3) is 5.84. The molecule has 0 radical (unpaired) electrons. The Morgan fingerprint density at radius 3 is 2.09 bits per heavy atom. The number of hydrogen-bond donors (Lipinski definition) is 2. The quantitative estimate of drug-likeness (QED) is 0.800. The third-order valence-corrected chi connectivity index (χ3v) is 3.73. The number of anilines is 1. The molecule has 0 aliphatic heterocycles. The number of halogens is 1. The second-order valence-electron chi connectivity index (χ2n) is 5.68. The second-order valence-corrected chi connectivity index (χ2v) is 5.68. The van der Waals surface area contributed by atoms with E-state index in [-0.39, 0.29) is 24.2 Å². The van der Waals surface area contributed by atoms with Gasteiger partial charge in [-0.15, -0.1) is 12.4 Å². The van der Waals surface area contributed by atoms with Gasteiger partial charge >= 0.3 is 0 Å². The summed E-state index contributed by atoms with van der Waals surface area (Å²) in [5.74, 6) is -0.213. The van der Waals surface area contributed by atoms with E-state index in [4.69, 9.17) is 5.73 Å². The smallest absolute Gasteiger partial charge is 0.253 e. The number of hydrogen-bond acceptors (Lipinski definition) is 3. The van der Waals surface area contributed by atoms with Gasteiger partial charge in [0.1, 0.15) is 0 Å². The van der Waals surface area contributed by atoms with E-state index in [9.17, 15) is 9.59 Å². The van der Waals surface area contributed by atoms with Crippen molar-refractivity contribution in [2.24, 2.45) is 5.73 Å². The molecule has 1 aromatic rings. The summed E-state index contributed by atoms with van der Waals surface area (Å²) >= 11 is 0. The molecule has 0 bridgehead atoms. The molecular formula is C17H28ClN3O2. The number of nitrogens with one attached hydrogen (secondary N) is 1. The fourth-order valence-electron chi connectivity index (χ4n) is 2.30. The number of nitrogens with two attached hydrogens (primary N) is 1. The molecule has 5 nitrogen and oxygen atoms in total. The molecule has 1 atom stereocenters. The average Bonchev–Trinajstić information content (AvgIpc) is 2.49. The van der Waals surface area contributed by atoms with Crippen LogP contribution in [-0.4, -0.2) is 35.3 Å². The maximum Gasteiger partial charge on any atom is 0.253 e. The molecule has 6 heteroatoms. The topological polar surface area (TPSA) is 75.4 Å². The first-order valence-electron chi connectivity index (χ1n) is 7.85. The Bertz CT molecular complexity index is 511. The van der Waals surface area contributed by atoms with Crippen LogP contribution in [-0.2, 0) is 4.79 Å². The van der Waals surface area contributed by atoms with E-state index in [0.717, 1.165) is 6.42 Å². The highest BCUT2D eigenvalue weighted by Gasteiger charge is 2.27. The monoisotopic (exact) mass is 341 g/mol. The van der Waals surface area contributed by atoms with Crippen LogP contribution in [0.25, 0.3) is 0 Å². The van der Waals surface area contributed by atoms with Gasteiger partial charge in [-0.25, -0.2) is 0 Å². The van der Waals surface area contributed by atoms with Gasteiger partial charge < -0.3 is 16.0 Å². The molecule has 1 aromatic carbocycles. The number of amides is 2. The maximum absolute atomic E-state index is 12.2. The minimum atomic E-state index is -0.884. The Labute approximate surface area is 145 Å². The summed E-state index contributed by atoms with van der Waals surface area (Å²) in [5, 5.41) is 2.80. The van der Waals surface area contributed by atoms with Crippen LogP contribution in [0.3, 0.4) is 0 Å². The largest absolute Gasteiger partial charge is 0.339 e. The number of nitrogens with zero attached hydrogens (tertiary/aromatic N) is 1. The molecule has 0 heterocycles. The fraction of sp³-hybridized carbons (Fsp3) is 0.529. The molecule has 0 saturated carbocycles. The van der Waals surface area contributed by atoms with Crippen molar-refractivity contribution in [3.8, 4) is 0 Å². The van der Waals surface area contributed by atoms with Crippen molar-refractivity contribution >= 4 is 29.9 Å². The van der Waals surface area contributed by atoms with Crippen molar-refractivity contribution in [2.75, 3.05) is 18.4 Å². The number of benzene rings is 1. The van der Waals surface area contributed by atoms with E-state index in [1.54, 1.807) is 36.1 Å². The third-order valence-electron chi connectivity index (χ3n) is 3.73. The Hall–Kier alpha value is -1.59. The second kappa shape index (κ2) is 9.53. The summed E-state index contributed by atoms with van der Waals surface area (Å²) in [6.07, 6.45) is 1.47. The molecule has 0 aromatic heterocycles. The highest BCUT2D eigenvalue weighted by molar-refractivity contribution is 5.98.